The third-order valence-electron chi connectivity index (χ3n) is 4.39. The van der Waals surface area contributed by atoms with Crippen molar-refractivity contribution in [2.45, 2.75) is 31.2 Å². The zero-order chi connectivity index (χ0) is 15.8. The number of hydrogen-bond donors (Lipinski definition) is 0. The zero-order valence-corrected chi connectivity index (χ0v) is 13.1. The maximum atomic E-state index is 9.74. The second-order valence-electron chi connectivity index (χ2n) is 5.73. The van der Waals surface area contributed by atoms with Crippen molar-refractivity contribution in [1.29, 1.82) is 5.26 Å². The van der Waals surface area contributed by atoms with Crippen LogP contribution in [0, 0.1) is 11.3 Å². The van der Waals surface area contributed by atoms with Crippen LogP contribution in [0.25, 0.3) is 11.0 Å². The first-order valence-electron chi connectivity index (χ1n) is 7.63. The van der Waals surface area contributed by atoms with E-state index in [-0.39, 0.29) is 5.28 Å². The predicted octanol–water partition coefficient (Wildman–Crippen LogP) is 3.86. The average Bonchev–Trinajstić information content (AvgIpc) is 2.86. The second-order valence-corrected chi connectivity index (χ2v) is 6.06. The lowest BCUT2D eigenvalue weighted by atomic mass is 9.92. The van der Waals surface area contributed by atoms with Gasteiger partial charge in [-0.3, -0.25) is 0 Å². The van der Waals surface area contributed by atoms with Gasteiger partial charge in [-0.1, -0.05) is 12.1 Å². The lowest BCUT2D eigenvalue weighted by Gasteiger charge is -2.30. The molecular formula is C17H14ClN5. The molecule has 0 aliphatic heterocycles. The first kappa shape index (κ1) is 14.2. The molecule has 1 unspecified atom stereocenters. The molecular weight excluding hydrogens is 310 g/mol. The van der Waals surface area contributed by atoms with Crippen molar-refractivity contribution in [3.05, 3.63) is 53.3 Å². The fraction of sp³-hybridized carbons (Fsp3) is 0.294. The summed E-state index contributed by atoms with van der Waals surface area (Å²) >= 11 is 5.89. The lowest BCUT2D eigenvalue weighted by Crippen LogP contribution is -2.21. The number of rotatable bonds is 3. The van der Waals surface area contributed by atoms with Crippen molar-refractivity contribution >= 4 is 22.6 Å². The van der Waals surface area contributed by atoms with E-state index in [1.807, 2.05) is 18.2 Å². The minimum absolute atomic E-state index is 0.147. The van der Waals surface area contributed by atoms with Gasteiger partial charge in [0.15, 0.2) is 0 Å². The quantitative estimate of drug-likeness (QED) is 0.686. The molecule has 0 bridgehead atoms. The molecule has 23 heavy (non-hydrogen) atoms. The summed E-state index contributed by atoms with van der Waals surface area (Å²) in [5.41, 5.74) is 2.57. The van der Waals surface area contributed by atoms with Gasteiger partial charge in [-0.15, -0.1) is 0 Å². The van der Waals surface area contributed by atoms with E-state index in [9.17, 15) is 5.26 Å². The van der Waals surface area contributed by atoms with Crippen molar-refractivity contribution in [3.8, 4) is 6.07 Å². The van der Waals surface area contributed by atoms with E-state index in [1.54, 1.807) is 12.3 Å². The molecule has 1 aliphatic rings. The number of nitriles is 1. The number of hydrogen-bond acceptors (Lipinski definition) is 4. The predicted molar refractivity (Wildman–Crippen MR) is 87.1 cm³/mol. The molecule has 5 nitrogen and oxygen atoms in total. The Morgan fingerprint density at radius 1 is 1.22 bits per heavy atom. The highest BCUT2D eigenvalue weighted by molar-refractivity contribution is 6.28. The highest BCUT2D eigenvalue weighted by atomic mass is 35.5. The van der Waals surface area contributed by atoms with Crippen LogP contribution in [-0.2, 0) is 0 Å². The maximum absolute atomic E-state index is 9.74. The van der Waals surface area contributed by atoms with Gasteiger partial charge in [0.25, 0.3) is 0 Å². The average molecular weight is 324 g/mol. The van der Waals surface area contributed by atoms with Gasteiger partial charge in [0.1, 0.15) is 11.7 Å². The van der Waals surface area contributed by atoms with Crippen molar-refractivity contribution in [1.82, 2.24) is 19.5 Å². The van der Waals surface area contributed by atoms with Crippen molar-refractivity contribution in [2.24, 2.45) is 0 Å². The number of aromatic nitrogens is 4. The highest BCUT2D eigenvalue weighted by Gasteiger charge is 2.29. The Morgan fingerprint density at radius 2 is 2.04 bits per heavy atom. The topological polar surface area (TPSA) is 67.4 Å². The summed E-state index contributed by atoms with van der Waals surface area (Å²) in [6.07, 6.45) is 5.03. The molecule has 1 atom stereocenters. The Balaban J connectivity index is 1.91. The molecule has 0 spiro atoms. The van der Waals surface area contributed by atoms with Crippen LogP contribution in [0.2, 0.25) is 5.28 Å². The Morgan fingerprint density at radius 3 is 2.74 bits per heavy atom. The first-order valence-corrected chi connectivity index (χ1v) is 8.00. The fourth-order valence-electron chi connectivity index (χ4n) is 3.06. The molecule has 0 amide bonds. The van der Waals surface area contributed by atoms with Gasteiger partial charge in [-0.05, 0) is 49.1 Å². The van der Waals surface area contributed by atoms with Gasteiger partial charge in [-0.25, -0.2) is 15.0 Å². The summed E-state index contributed by atoms with van der Waals surface area (Å²) in [5, 5.41) is 9.89. The van der Waals surface area contributed by atoms with Crippen molar-refractivity contribution < 1.29 is 0 Å². The van der Waals surface area contributed by atoms with Crippen LogP contribution >= 0.6 is 11.6 Å². The summed E-state index contributed by atoms with van der Waals surface area (Å²) < 4.78 is 2.21. The highest BCUT2D eigenvalue weighted by Crippen LogP contribution is 2.38. The largest absolute Gasteiger partial charge is 0.323 e. The lowest BCUT2D eigenvalue weighted by molar-refractivity contribution is 0.312. The summed E-state index contributed by atoms with van der Waals surface area (Å²) in [4.78, 5) is 12.8. The molecule has 0 saturated heterocycles. The second kappa shape index (κ2) is 5.64. The fourth-order valence-corrected chi connectivity index (χ4v) is 3.21. The van der Waals surface area contributed by atoms with E-state index in [0.29, 0.717) is 11.7 Å². The normalized spacial score (nSPS) is 16.0. The van der Waals surface area contributed by atoms with Crippen LogP contribution in [-0.4, -0.2) is 19.5 Å². The SMILES string of the molecule is N#CC(c1ccnc(Cl)n1)c1nc2ccccc2n1C1CCC1. The summed E-state index contributed by atoms with van der Waals surface area (Å²) in [5.74, 6) is 0.191. The molecule has 1 aliphatic carbocycles. The molecule has 1 fully saturated rings. The molecule has 0 N–H and O–H groups in total. The molecule has 2 aromatic heterocycles. The number of imidazole rings is 1. The Bertz CT molecular complexity index is 907. The van der Waals surface area contributed by atoms with Crippen molar-refractivity contribution in [2.75, 3.05) is 0 Å². The molecule has 114 valence electrons. The van der Waals surface area contributed by atoms with Gasteiger partial charge >= 0.3 is 0 Å². The van der Waals surface area contributed by atoms with Gasteiger partial charge < -0.3 is 4.57 Å². The number of fused-ring (bicyclic) bond motifs is 1. The first-order chi connectivity index (χ1) is 11.3. The van der Waals surface area contributed by atoms with Crippen LogP contribution in [0.4, 0.5) is 0 Å². The van der Waals surface area contributed by atoms with E-state index in [0.717, 1.165) is 29.7 Å². The molecule has 1 saturated carbocycles. The number of halogens is 1. The third kappa shape index (κ3) is 2.36. The minimum atomic E-state index is -0.552. The van der Waals surface area contributed by atoms with Crippen LogP contribution in [0.15, 0.2) is 36.5 Å². The zero-order valence-electron chi connectivity index (χ0n) is 12.4. The standard InChI is InChI=1S/C17H14ClN5/c18-17-20-9-8-13(22-17)12(10-19)16-21-14-6-1-2-7-15(14)23(16)11-4-3-5-11/h1-2,6-9,11-12H,3-5H2. The smallest absolute Gasteiger partial charge is 0.222 e. The van der Waals surface area contributed by atoms with Gasteiger partial charge in [0, 0.05) is 12.2 Å². The van der Waals surface area contributed by atoms with E-state index >= 15 is 0 Å². The summed E-state index contributed by atoms with van der Waals surface area (Å²) in [7, 11) is 0. The number of para-hydroxylation sites is 2. The van der Waals surface area contributed by atoms with Gasteiger partial charge in [0.2, 0.25) is 5.28 Å². The van der Waals surface area contributed by atoms with Crippen LogP contribution in [0.5, 0.6) is 0 Å². The number of nitrogens with zero attached hydrogens (tertiary/aromatic N) is 5. The molecule has 2 heterocycles. The van der Waals surface area contributed by atoms with E-state index < -0.39 is 5.92 Å². The monoisotopic (exact) mass is 323 g/mol. The van der Waals surface area contributed by atoms with E-state index in [1.165, 1.54) is 6.42 Å². The van der Waals surface area contributed by atoms with Gasteiger partial charge in [0.05, 0.1) is 22.8 Å². The number of benzene rings is 1. The Hall–Kier alpha value is -2.45. The Kier molecular flexibility index (Phi) is 3.47. The summed E-state index contributed by atoms with van der Waals surface area (Å²) in [6.45, 7) is 0. The molecule has 4 rings (SSSR count). The van der Waals surface area contributed by atoms with E-state index in [4.69, 9.17) is 16.6 Å². The van der Waals surface area contributed by atoms with Crippen molar-refractivity contribution in [3.63, 3.8) is 0 Å². The molecule has 6 heteroatoms. The summed E-state index contributed by atoms with van der Waals surface area (Å²) in [6, 6.07) is 12.5. The van der Waals surface area contributed by atoms with Crippen LogP contribution in [0.3, 0.4) is 0 Å². The Labute approximate surface area is 138 Å². The van der Waals surface area contributed by atoms with E-state index in [2.05, 4.69) is 26.7 Å². The van der Waals surface area contributed by atoms with Crippen LogP contribution in [0.1, 0.15) is 42.7 Å². The molecule has 3 aromatic rings. The molecule has 0 radical (unpaired) electrons. The van der Waals surface area contributed by atoms with Gasteiger partial charge in [-0.2, -0.15) is 5.26 Å². The minimum Gasteiger partial charge on any atom is -0.323 e. The molecule has 1 aromatic carbocycles. The van der Waals surface area contributed by atoms with Crippen LogP contribution < -0.4 is 0 Å². The maximum Gasteiger partial charge on any atom is 0.222 e. The third-order valence-corrected chi connectivity index (χ3v) is 4.58.